The van der Waals surface area contributed by atoms with Crippen LogP contribution in [-0.2, 0) is 19.2 Å². The average molecular weight is 674 g/mol. The standard InChI is InChI=1S/C14H5F23O4/c1-2-3-4(15,16)9(26,27)40-41-14(36,37)7(21,22)13(34,35)39-12(32,33)6(19,20)11(30,31)38-10(28,29)5(17,18)8(23,24)25/h2H,1,3H2. The molecule has 0 bridgehead atoms. The van der Waals surface area contributed by atoms with E-state index in [1.807, 2.05) is 4.89 Å². The highest BCUT2D eigenvalue weighted by Gasteiger charge is 2.85. The fourth-order valence-corrected chi connectivity index (χ4v) is 1.60. The third kappa shape index (κ3) is 6.97. The van der Waals surface area contributed by atoms with Crippen LogP contribution in [0.2, 0.25) is 0 Å². The number of hydrogen-bond acceptors (Lipinski definition) is 4. The summed E-state index contributed by atoms with van der Waals surface area (Å²) in [6.07, 6.45) is -57.0. The maximum Gasteiger partial charge on any atom is 0.462 e. The quantitative estimate of drug-likeness (QED) is 0.0760. The average Bonchev–Trinajstić information content (AvgIpc) is 2.69. The van der Waals surface area contributed by atoms with Gasteiger partial charge in [-0.15, -0.1) is 6.58 Å². The lowest BCUT2D eigenvalue weighted by Crippen LogP contribution is -2.66. The van der Waals surface area contributed by atoms with Crippen molar-refractivity contribution in [3.63, 3.8) is 0 Å². The number of rotatable bonds is 15. The molecule has 0 saturated carbocycles. The molecule has 0 aromatic rings. The summed E-state index contributed by atoms with van der Waals surface area (Å²) in [5.74, 6) is -30.3. The second kappa shape index (κ2) is 10.6. The smallest absolute Gasteiger partial charge is 0.245 e. The van der Waals surface area contributed by atoms with Gasteiger partial charge in [-0.25, -0.2) is 9.47 Å². The molecule has 0 saturated heterocycles. The third-order valence-corrected chi connectivity index (χ3v) is 3.77. The molecule has 0 aliphatic heterocycles. The van der Waals surface area contributed by atoms with E-state index in [1.54, 1.807) is 4.89 Å². The second-order valence-corrected chi connectivity index (χ2v) is 6.89. The Hall–Kier alpha value is -2.03. The fraction of sp³-hybridized carbons (Fsp3) is 0.857. The number of ether oxygens (including phenoxy) is 2. The fourth-order valence-electron chi connectivity index (χ4n) is 1.60. The van der Waals surface area contributed by atoms with Gasteiger partial charge in [-0.1, -0.05) is 6.08 Å². The van der Waals surface area contributed by atoms with Crippen LogP contribution < -0.4 is 0 Å². The monoisotopic (exact) mass is 674 g/mol. The summed E-state index contributed by atoms with van der Waals surface area (Å²) in [7, 11) is 0. The first-order valence-corrected chi connectivity index (χ1v) is 8.66. The Bertz CT molecular complexity index is 922. The molecule has 4 nitrogen and oxygen atoms in total. The van der Waals surface area contributed by atoms with Gasteiger partial charge in [0.2, 0.25) is 0 Å². The number of allylic oxidation sites excluding steroid dienone is 1. The number of halogens is 23. The molecule has 0 atom stereocenters. The van der Waals surface area contributed by atoms with Crippen molar-refractivity contribution in [1.82, 2.24) is 0 Å². The summed E-state index contributed by atoms with van der Waals surface area (Å²) in [6, 6.07) is 0. The van der Waals surface area contributed by atoms with Gasteiger partial charge >= 0.3 is 66.5 Å². The molecule has 246 valence electrons. The molecule has 0 rings (SSSR count). The maximum atomic E-state index is 13.4. The van der Waals surface area contributed by atoms with Crippen LogP contribution in [0, 0.1) is 0 Å². The summed E-state index contributed by atoms with van der Waals surface area (Å²) >= 11 is 0. The Morgan fingerprint density at radius 2 is 0.659 bits per heavy atom. The molecule has 0 amide bonds. The van der Waals surface area contributed by atoms with Crippen LogP contribution in [0.25, 0.3) is 0 Å². The highest BCUT2D eigenvalue weighted by molar-refractivity contribution is 4.94. The molecule has 0 aromatic heterocycles. The van der Waals surface area contributed by atoms with Crippen molar-refractivity contribution < 1.29 is 120 Å². The first-order valence-electron chi connectivity index (χ1n) is 8.66. The predicted octanol–water partition coefficient (Wildman–Crippen LogP) is 8.20. The third-order valence-electron chi connectivity index (χ3n) is 3.77. The van der Waals surface area contributed by atoms with Crippen molar-refractivity contribution in [2.45, 2.75) is 72.9 Å². The van der Waals surface area contributed by atoms with Gasteiger partial charge in [0.1, 0.15) is 0 Å². The van der Waals surface area contributed by atoms with E-state index in [0.29, 0.717) is 0 Å². The summed E-state index contributed by atoms with van der Waals surface area (Å²) in [5.41, 5.74) is 0. The normalized spacial score (nSPS) is 16.3. The molecule has 0 aromatic carbocycles. The predicted molar refractivity (Wildman–Crippen MR) is 74.7 cm³/mol. The van der Waals surface area contributed by atoms with Crippen LogP contribution in [-0.4, -0.2) is 66.5 Å². The van der Waals surface area contributed by atoms with Crippen molar-refractivity contribution in [2.75, 3.05) is 0 Å². The van der Waals surface area contributed by atoms with Gasteiger partial charge in [-0.3, -0.25) is 0 Å². The van der Waals surface area contributed by atoms with E-state index < -0.39 is 72.9 Å². The Morgan fingerprint density at radius 1 is 0.390 bits per heavy atom. The molecule has 0 aliphatic carbocycles. The molecule has 27 heteroatoms. The van der Waals surface area contributed by atoms with Crippen molar-refractivity contribution in [2.24, 2.45) is 0 Å². The van der Waals surface area contributed by atoms with Gasteiger partial charge in [0.05, 0.1) is 0 Å². The summed E-state index contributed by atoms with van der Waals surface area (Å²) in [6.45, 7) is 2.44. The van der Waals surface area contributed by atoms with E-state index in [1.165, 1.54) is 0 Å². The van der Waals surface area contributed by atoms with E-state index in [0.717, 1.165) is 9.47 Å². The zero-order valence-corrected chi connectivity index (χ0v) is 17.8. The summed E-state index contributed by atoms with van der Waals surface area (Å²) in [4.78, 5) is 3.57. The molecular weight excluding hydrogens is 669 g/mol. The van der Waals surface area contributed by atoms with Crippen molar-refractivity contribution in [3.8, 4) is 0 Å². The van der Waals surface area contributed by atoms with Gasteiger partial charge in [0.15, 0.2) is 0 Å². The summed E-state index contributed by atoms with van der Waals surface area (Å²) < 4.78 is 300. The van der Waals surface area contributed by atoms with Crippen LogP contribution in [0.4, 0.5) is 101 Å². The van der Waals surface area contributed by atoms with Crippen LogP contribution in [0.1, 0.15) is 6.42 Å². The van der Waals surface area contributed by atoms with Crippen molar-refractivity contribution in [3.05, 3.63) is 12.7 Å². The second-order valence-electron chi connectivity index (χ2n) is 6.89. The molecule has 0 radical (unpaired) electrons. The van der Waals surface area contributed by atoms with Gasteiger partial charge in [0, 0.05) is 6.42 Å². The lowest BCUT2D eigenvalue weighted by atomic mass is 10.2. The maximum absolute atomic E-state index is 13.4. The molecule has 0 aliphatic rings. The minimum atomic E-state index is -8.49. The molecule has 0 fully saturated rings. The lowest BCUT2D eigenvalue weighted by molar-refractivity contribution is -0.595. The Labute approximate surface area is 207 Å². The molecular formula is C14H5F23O4. The molecule has 0 unspecified atom stereocenters. The van der Waals surface area contributed by atoms with E-state index >= 15 is 0 Å². The van der Waals surface area contributed by atoms with E-state index in [4.69, 9.17) is 0 Å². The van der Waals surface area contributed by atoms with Gasteiger partial charge in [-0.2, -0.15) is 111 Å². The molecule has 0 heterocycles. The lowest BCUT2D eigenvalue weighted by Gasteiger charge is -2.38. The first-order chi connectivity index (χ1) is 17.4. The SMILES string of the molecule is C=CCC(F)(F)C(F)(F)OOC(F)(F)C(F)(F)C(F)(F)OC(F)(F)C(F)(F)C(F)(F)OC(F)(F)C(F)(F)C(F)(F)F. The minimum absolute atomic E-state index is 0.103. The van der Waals surface area contributed by atoms with Crippen LogP contribution >= 0.6 is 0 Å². The Balaban J connectivity index is 6.27. The van der Waals surface area contributed by atoms with Crippen LogP contribution in [0.15, 0.2) is 12.7 Å². The minimum Gasteiger partial charge on any atom is -0.245 e. The highest BCUT2D eigenvalue weighted by atomic mass is 19.4. The van der Waals surface area contributed by atoms with E-state index in [9.17, 15) is 101 Å². The first kappa shape index (κ1) is 39.0. The zero-order chi connectivity index (χ0) is 33.7. The highest BCUT2D eigenvalue weighted by Crippen LogP contribution is 2.57. The Kier molecular flexibility index (Phi) is 10.1. The topological polar surface area (TPSA) is 36.9 Å². The Morgan fingerprint density at radius 3 is 0.951 bits per heavy atom. The number of alkyl halides is 23. The number of hydrogen-bond donors (Lipinski definition) is 0. The summed E-state index contributed by atoms with van der Waals surface area (Å²) in [5, 5.41) is 0. The van der Waals surface area contributed by atoms with Gasteiger partial charge < -0.3 is 0 Å². The van der Waals surface area contributed by atoms with Crippen molar-refractivity contribution >= 4 is 0 Å². The van der Waals surface area contributed by atoms with Crippen LogP contribution in [0.3, 0.4) is 0 Å². The zero-order valence-electron chi connectivity index (χ0n) is 17.8. The van der Waals surface area contributed by atoms with Crippen LogP contribution in [0.5, 0.6) is 0 Å². The van der Waals surface area contributed by atoms with E-state index in [-0.39, 0.29) is 6.08 Å². The molecule has 41 heavy (non-hydrogen) atoms. The van der Waals surface area contributed by atoms with Gasteiger partial charge in [-0.05, 0) is 0 Å². The largest absolute Gasteiger partial charge is 0.462 e. The van der Waals surface area contributed by atoms with E-state index in [2.05, 4.69) is 6.58 Å². The molecule has 0 N–H and O–H groups in total. The van der Waals surface area contributed by atoms with Gasteiger partial charge in [0.25, 0.3) is 0 Å². The molecule has 0 spiro atoms. The van der Waals surface area contributed by atoms with Crippen molar-refractivity contribution in [1.29, 1.82) is 0 Å².